The maximum atomic E-state index is 12.7. The Morgan fingerprint density at radius 1 is 0.588 bits per heavy atom. The fourth-order valence-corrected chi connectivity index (χ4v) is 10.7. The fraction of sp³-hybridized carbons (Fsp3) is 0.194. The van der Waals surface area contributed by atoms with Crippen molar-refractivity contribution in [3.8, 4) is 40.2 Å². The number of para-hydroxylation sites is 2. The highest BCUT2D eigenvalue weighted by atomic mass is 35.5. The number of carboxylic acid groups (broad SMARTS) is 2. The van der Waals surface area contributed by atoms with Gasteiger partial charge in [0.1, 0.15) is 67.6 Å². The number of H-pyrrole nitrogens is 2. The summed E-state index contributed by atoms with van der Waals surface area (Å²) in [6.07, 6.45) is 12.4. The first-order chi connectivity index (χ1) is 41.3. The van der Waals surface area contributed by atoms with E-state index in [9.17, 15) is 25.1 Å². The van der Waals surface area contributed by atoms with Crippen LogP contribution < -0.4 is 29.6 Å². The first kappa shape index (κ1) is 58.7. The molecular weight excluding hydrogens is 1120 g/mol. The molecule has 2 unspecified atom stereocenters. The molecular formula is C67H60Cl2N8O8. The number of rotatable bonds is 26. The SMILES string of the molecule is CN=Cc1cncc(COc2cc(OCc3cccc(-c4cccc(COc5cc(OCc6cncc(C#N)c6)c(CNC(Cc6c[nH]c7ccccc67)C(=O)O)cc5Cl)c4C)c3C)c(Cl)cc2CNC(Cc2c[nH]c3ccccc23)C(=O)O)c1. The van der Waals surface area contributed by atoms with Gasteiger partial charge in [0.15, 0.2) is 0 Å². The summed E-state index contributed by atoms with van der Waals surface area (Å²) in [5.41, 5.74) is 13.3. The molecule has 0 aliphatic heterocycles. The molecule has 10 rings (SSSR count). The zero-order valence-electron chi connectivity index (χ0n) is 46.8. The standard InChI is InChI=1S/C67H60Cl2N8O8/c1-40-46(38-84-64-24-62(82-36-44-18-42(26-70)28-72-30-44)50(20-56(64)68)34-76-60(66(78)79)22-48-32-74-58-16-6-4-12-54(48)58)10-8-14-52(40)53-15-9-11-47(41(53)2)39-85-65-25-63(83-37-45-19-43(27-71-3)29-73-31-45)51(21-57(65)69)35-77-61(67(80)81)23-49-33-75-59-17-7-5-13-55(49)59/h4-21,24-25,27-33,60-61,74-77H,22-23,34-39H2,1-3H3,(H,78,79)(H,80,81). The number of fused-ring (bicyclic) bond motifs is 2. The highest BCUT2D eigenvalue weighted by Crippen LogP contribution is 2.38. The summed E-state index contributed by atoms with van der Waals surface area (Å²) in [6, 6.07) is 38.4. The molecule has 0 saturated carbocycles. The Bertz CT molecular complexity index is 4140. The summed E-state index contributed by atoms with van der Waals surface area (Å²) in [6.45, 7) is 4.89. The van der Waals surface area contributed by atoms with Gasteiger partial charge >= 0.3 is 11.9 Å². The lowest BCUT2D eigenvalue weighted by atomic mass is 9.92. The molecule has 0 spiro atoms. The highest BCUT2D eigenvalue weighted by Gasteiger charge is 2.24. The van der Waals surface area contributed by atoms with Crippen molar-refractivity contribution < 1.29 is 38.7 Å². The van der Waals surface area contributed by atoms with E-state index in [0.717, 1.165) is 77.4 Å². The number of aliphatic carboxylic acids is 2. The maximum Gasteiger partial charge on any atom is 0.321 e. The van der Waals surface area contributed by atoms with Crippen LogP contribution in [0.4, 0.5) is 0 Å². The summed E-state index contributed by atoms with van der Waals surface area (Å²) in [5, 5.41) is 39.2. The van der Waals surface area contributed by atoms with Gasteiger partial charge in [0.2, 0.25) is 0 Å². The lowest BCUT2D eigenvalue weighted by Crippen LogP contribution is -2.38. The Morgan fingerprint density at radius 2 is 1.06 bits per heavy atom. The van der Waals surface area contributed by atoms with Gasteiger partial charge in [0, 0.05) is 138 Å². The van der Waals surface area contributed by atoms with Crippen molar-refractivity contribution in [2.24, 2.45) is 4.99 Å². The van der Waals surface area contributed by atoms with Gasteiger partial charge < -0.3 is 39.1 Å². The topological polar surface area (TPSA) is 229 Å². The molecule has 0 aliphatic rings. The van der Waals surface area contributed by atoms with Gasteiger partial charge in [0.25, 0.3) is 0 Å². The van der Waals surface area contributed by atoms with Gasteiger partial charge in [0.05, 0.1) is 15.6 Å². The number of aromatic amines is 2. The van der Waals surface area contributed by atoms with Crippen molar-refractivity contribution in [3.63, 3.8) is 0 Å². The van der Waals surface area contributed by atoms with Gasteiger partial charge in [-0.1, -0.05) is 96.0 Å². The first-order valence-corrected chi connectivity index (χ1v) is 28.1. The number of pyridine rings is 2. The Hall–Kier alpha value is -9.50. The Balaban J connectivity index is 0.855. The minimum atomic E-state index is -1.01. The van der Waals surface area contributed by atoms with E-state index in [-0.39, 0.29) is 52.4 Å². The van der Waals surface area contributed by atoms with Gasteiger partial charge in [-0.05, 0) is 94.8 Å². The molecule has 0 amide bonds. The molecule has 18 heteroatoms. The van der Waals surface area contributed by atoms with E-state index in [4.69, 9.17) is 42.1 Å². The predicted octanol–water partition coefficient (Wildman–Crippen LogP) is 12.8. The van der Waals surface area contributed by atoms with Crippen molar-refractivity contribution in [2.75, 3.05) is 7.05 Å². The van der Waals surface area contributed by atoms with E-state index in [0.29, 0.717) is 55.3 Å². The Labute approximate surface area is 501 Å². The van der Waals surface area contributed by atoms with Crippen LogP contribution in [0.1, 0.15) is 66.8 Å². The second kappa shape index (κ2) is 27.3. The predicted molar refractivity (Wildman–Crippen MR) is 329 cm³/mol. The number of nitriles is 1. The van der Waals surface area contributed by atoms with E-state index in [1.807, 2.05) is 105 Å². The molecule has 0 saturated heterocycles. The molecule has 0 bridgehead atoms. The molecule has 2 atom stereocenters. The first-order valence-electron chi connectivity index (χ1n) is 27.4. The third kappa shape index (κ3) is 14.3. The summed E-state index contributed by atoms with van der Waals surface area (Å²) < 4.78 is 25.8. The van der Waals surface area contributed by atoms with Gasteiger partial charge in [-0.25, -0.2) is 0 Å². The number of hydrogen-bond acceptors (Lipinski definition) is 12. The quantitative estimate of drug-likeness (QED) is 0.0278. The molecule has 4 aromatic heterocycles. The normalized spacial score (nSPS) is 12.1. The summed E-state index contributed by atoms with van der Waals surface area (Å²) >= 11 is 14.0. The van der Waals surface area contributed by atoms with Crippen LogP contribution >= 0.6 is 23.2 Å². The Morgan fingerprint density at radius 3 is 1.54 bits per heavy atom. The molecule has 0 aliphatic carbocycles. The van der Waals surface area contributed by atoms with E-state index in [1.54, 1.807) is 62.2 Å². The zero-order valence-corrected chi connectivity index (χ0v) is 48.3. The summed E-state index contributed by atoms with van der Waals surface area (Å²) in [7, 11) is 1.69. The third-order valence-electron chi connectivity index (χ3n) is 14.9. The van der Waals surface area contributed by atoms with Crippen LogP contribution in [0.2, 0.25) is 10.0 Å². The lowest BCUT2D eigenvalue weighted by Gasteiger charge is -2.20. The summed E-state index contributed by atoms with van der Waals surface area (Å²) in [5.74, 6) is -0.398. The number of aromatic nitrogens is 4. The van der Waals surface area contributed by atoms with E-state index in [1.165, 1.54) is 6.20 Å². The zero-order chi connectivity index (χ0) is 59.4. The van der Waals surface area contributed by atoms with Crippen LogP contribution in [0.15, 0.2) is 164 Å². The molecule has 16 nitrogen and oxygen atoms in total. The summed E-state index contributed by atoms with van der Waals surface area (Å²) in [4.78, 5) is 44.4. The highest BCUT2D eigenvalue weighted by molar-refractivity contribution is 6.32. The van der Waals surface area contributed by atoms with E-state index in [2.05, 4.69) is 53.8 Å². The van der Waals surface area contributed by atoms with Crippen molar-refractivity contribution >= 4 is 63.2 Å². The molecule has 0 radical (unpaired) electrons. The average molecular weight is 1180 g/mol. The smallest absolute Gasteiger partial charge is 0.321 e. The molecule has 4 heterocycles. The number of carbonyl (C=O) groups is 2. The van der Waals surface area contributed by atoms with Crippen LogP contribution in [0, 0.1) is 25.2 Å². The second-order valence-corrected chi connectivity index (χ2v) is 21.3. The number of ether oxygens (including phenoxy) is 4. The number of carboxylic acids is 2. The number of benzene rings is 6. The molecule has 6 N–H and O–H groups in total. The van der Waals surface area contributed by atoms with Crippen molar-refractivity contribution in [1.82, 2.24) is 30.6 Å². The lowest BCUT2D eigenvalue weighted by molar-refractivity contribution is -0.140. The average Bonchev–Trinajstić information content (AvgIpc) is 4.31. The van der Waals surface area contributed by atoms with E-state index < -0.39 is 24.0 Å². The van der Waals surface area contributed by atoms with Crippen LogP contribution in [0.25, 0.3) is 32.9 Å². The molecule has 430 valence electrons. The van der Waals surface area contributed by atoms with Crippen LogP contribution in [-0.4, -0.2) is 67.4 Å². The molecule has 6 aromatic carbocycles. The van der Waals surface area contributed by atoms with Gasteiger partial charge in [-0.3, -0.25) is 35.2 Å². The van der Waals surface area contributed by atoms with Gasteiger partial charge in [-0.2, -0.15) is 5.26 Å². The number of nitrogens with zero attached hydrogens (tertiary/aromatic N) is 4. The minimum Gasteiger partial charge on any atom is -0.488 e. The van der Waals surface area contributed by atoms with Crippen LogP contribution in [-0.2, 0) is 61.9 Å². The second-order valence-electron chi connectivity index (χ2n) is 20.5. The van der Waals surface area contributed by atoms with Crippen molar-refractivity contribution in [3.05, 3.63) is 235 Å². The number of hydrogen-bond donors (Lipinski definition) is 6. The number of aliphatic imine (C=N–C) groups is 1. The van der Waals surface area contributed by atoms with E-state index >= 15 is 0 Å². The number of halogens is 2. The monoisotopic (exact) mass is 1170 g/mol. The van der Waals surface area contributed by atoms with Crippen LogP contribution in [0.3, 0.4) is 0 Å². The fourth-order valence-electron chi connectivity index (χ4n) is 10.2. The maximum absolute atomic E-state index is 12.7. The van der Waals surface area contributed by atoms with Gasteiger partial charge in [-0.15, -0.1) is 0 Å². The third-order valence-corrected chi connectivity index (χ3v) is 15.4. The van der Waals surface area contributed by atoms with Crippen LogP contribution in [0.5, 0.6) is 23.0 Å². The molecule has 85 heavy (non-hydrogen) atoms. The number of nitrogens with one attached hydrogen (secondary N) is 4. The Kier molecular flexibility index (Phi) is 18.8. The molecule has 10 aromatic rings. The largest absolute Gasteiger partial charge is 0.488 e. The van der Waals surface area contributed by atoms with Crippen molar-refractivity contribution in [2.45, 2.75) is 78.3 Å². The minimum absolute atomic E-state index is 0.0689. The molecule has 0 fully saturated rings. The van der Waals surface area contributed by atoms with Crippen molar-refractivity contribution in [1.29, 1.82) is 5.26 Å².